The first-order chi connectivity index (χ1) is 4.88. The molecular weight excluding hydrogens is 138 g/mol. The van der Waals surface area contributed by atoms with E-state index >= 15 is 0 Å². The molecule has 0 aromatic rings. The molecule has 1 aliphatic rings. The van der Waals surface area contributed by atoms with Crippen molar-refractivity contribution in [2.45, 2.75) is 38.8 Å². The van der Waals surface area contributed by atoms with E-state index in [9.17, 15) is 0 Å². The number of hydrazine groups is 1. The second-order valence-electron chi connectivity index (χ2n) is 4.30. The molecule has 0 saturated carbocycles. The number of hydrogen-bond acceptors (Lipinski definition) is 3. The Morgan fingerprint density at radius 2 is 1.82 bits per heavy atom. The molecular formula is C8H19N3. The molecule has 0 aromatic heterocycles. The van der Waals surface area contributed by atoms with Gasteiger partial charge in [0.15, 0.2) is 0 Å². The van der Waals surface area contributed by atoms with Gasteiger partial charge in [0.25, 0.3) is 0 Å². The monoisotopic (exact) mass is 157 g/mol. The van der Waals surface area contributed by atoms with Crippen LogP contribution in [0.15, 0.2) is 0 Å². The van der Waals surface area contributed by atoms with E-state index in [2.05, 4.69) is 33.0 Å². The highest BCUT2D eigenvalue weighted by atomic mass is 15.5. The third kappa shape index (κ3) is 1.28. The number of rotatable bonds is 0. The van der Waals surface area contributed by atoms with Crippen molar-refractivity contribution in [2.75, 3.05) is 13.1 Å². The Morgan fingerprint density at radius 3 is 2.18 bits per heavy atom. The van der Waals surface area contributed by atoms with E-state index in [4.69, 9.17) is 5.84 Å². The van der Waals surface area contributed by atoms with Crippen LogP contribution in [0.2, 0.25) is 0 Å². The fourth-order valence-corrected chi connectivity index (χ4v) is 1.34. The minimum Gasteiger partial charge on any atom is -0.309 e. The highest BCUT2D eigenvalue weighted by molar-refractivity contribution is 5.02. The van der Waals surface area contributed by atoms with Gasteiger partial charge in [-0.2, -0.15) is 0 Å². The molecule has 11 heavy (non-hydrogen) atoms. The SMILES string of the molecule is CC1(C)NCCN(N)C1(C)C. The van der Waals surface area contributed by atoms with Gasteiger partial charge in [-0.05, 0) is 27.7 Å². The summed E-state index contributed by atoms with van der Waals surface area (Å²) in [6, 6.07) is 0. The van der Waals surface area contributed by atoms with Crippen molar-refractivity contribution >= 4 is 0 Å². The summed E-state index contributed by atoms with van der Waals surface area (Å²) in [4.78, 5) is 0. The fourth-order valence-electron chi connectivity index (χ4n) is 1.34. The van der Waals surface area contributed by atoms with Crippen LogP contribution >= 0.6 is 0 Å². The summed E-state index contributed by atoms with van der Waals surface area (Å²) in [6.45, 7) is 10.6. The average Bonchev–Trinajstić information content (AvgIpc) is 1.84. The Morgan fingerprint density at radius 1 is 1.27 bits per heavy atom. The van der Waals surface area contributed by atoms with E-state index in [1.54, 1.807) is 0 Å². The molecule has 0 spiro atoms. The first kappa shape index (κ1) is 8.97. The first-order valence-corrected chi connectivity index (χ1v) is 4.15. The highest BCUT2D eigenvalue weighted by Gasteiger charge is 2.42. The molecule has 0 aliphatic carbocycles. The van der Waals surface area contributed by atoms with Gasteiger partial charge in [-0.15, -0.1) is 0 Å². The molecule has 0 atom stereocenters. The van der Waals surface area contributed by atoms with E-state index in [1.165, 1.54) is 0 Å². The van der Waals surface area contributed by atoms with Gasteiger partial charge in [0.1, 0.15) is 0 Å². The molecule has 0 bridgehead atoms. The van der Waals surface area contributed by atoms with Crippen molar-refractivity contribution < 1.29 is 0 Å². The lowest BCUT2D eigenvalue weighted by molar-refractivity contribution is 0.00570. The quantitative estimate of drug-likeness (QED) is 0.498. The van der Waals surface area contributed by atoms with E-state index in [0.717, 1.165) is 13.1 Å². The average molecular weight is 157 g/mol. The Hall–Kier alpha value is -0.120. The summed E-state index contributed by atoms with van der Waals surface area (Å²) < 4.78 is 0. The smallest absolute Gasteiger partial charge is 0.0472 e. The number of hydrogen-bond donors (Lipinski definition) is 2. The van der Waals surface area contributed by atoms with Gasteiger partial charge in [-0.3, -0.25) is 5.84 Å². The van der Waals surface area contributed by atoms with Crippen LogP contribution in [-0.2, 0) is 0 Å². The Balaban J connectivity index is 2.82. The van der Waals surface area contributed by atoms with Crippen molar-refractivity contribution in [3.8, 4) is 0 Å². The Labute approximate surface area is 68.9 Å². The lowest BCUT2D eigenvalue weighted by Crippen LogP contribution is -2.71. The van der Waals surface area contributed by atoms with Gasteiger partial charge in [0.05, 0.1) is 0 Å². The van der Waals surface area contributed by atoms with Crippen molar-refractivity contribution in [3.05, 3.63) is 0 Å². The van der Waals surface area contributed by atoms with E-state index in [-0.39, 0.29) is 11.1 Å². The molecule has 0 aromatic carbocycles. The zero-order valence-corrected chi connectivity index (χ0v) is 7.94. The van der Waals surface area contributed by atoms with Gasteiger partial charge < -0.3 is 5.32 Å². The molecule has 1 fully saturated rings. The standard InChI is InChI=1S/C8H19N3/c1-7(2)8(3,4)11(9)6-5-10-7/h10H,5-6,9H2,1-4H3. The molecule has 1 heterocycles. The van der Waals surface area contributed by atoms with Crippen LogP contribution in [0.25, 0.3) is 0 Å². The minimum atomic E-state index is 0.0330. The maximum atomic E-state index is 5.88. The lowest BCUT2D eigenvalue weighted by atomic mass is 9.80. The molecule has 66 valence electrons. The van der Waals surface area contributed by atoms with Crippen molar-refractivity contribution in [1.82, 2.24) is 10.3 Å². The Kier molecular flexibility index (Phi) is 1.99. The van der Waals surface area contributed by atoms with Crippen LogP contribution in [0.5, 0.6) is 0 Å². The van der Waals surface area contributed by atoms with Crippen molar-refractivity contribution in [2.24, 2.45) is 5.84 Å². The molecule has 0 radical (unpaired) electrons. The largest absolute Gasteiger partial charge is 0.309 e. The summed E-state index contributed by atoms with van der Waals surface area (Å²) >= 11 is 0. The van der Waals surface area contributed by atoms with Crippen LogP contribution in [-0.4, -0.2) is 29.2 Å². The first-order valence-electron chi connectivity index (χ1n) is 4.15. The summed E-state index contributed by atoms with van der Waals surface area (Å²) in [5.74, 6) is 5.88. The highest BCUT2D eigenvalue weighted by Crippen LogP contribution is 2.27. The van der Waals surface area contributed by atoms with E-state index < -0.39 is 0 Å². The van der Waals surface area contributed by atoms with Crippen molar-refractivity contribution in [3.63, 3.8) is 0 Å². The molecule has 3 heteroatoms. The van der Waals surface area contributed by atoms with Gasteiger partial charge in [-0.1, -0.05) is 0 Å². The minimum absolute atomic E-state index is 0.0330. The second kappa shape index (κ2) is 2.44. The molecule has 1 aliphatic heterocycles. The van der Waals surface area contributed by atoms with Crippen LogP contribution in [0.3, 0.4) is 0 Å². The normalized spacial score (nSPS) is 30.3. The zero-order valence-electron chi connectivity index (χ0n) is 7.94. The molecule has 1 saturated heterocycles. The van der Waals surface area contributed by atoms with E-state index in [0.29, 0.717) is 0 Å². The van der Waals surface area contributed by atoms with Crippen LogP contribution in [0.4, 0.5) is 0 Å². The fraction of sp³-hybridized carbons (Fsp3) is 1.00. The number of nitrogens with zero attached hydrogens (tertiary/aromatic N) is 1. The molecule has 0 unspecified atom stereocenters. The maximum absolute atomic E-state index is 5.88. The summed E-state index contributed by atoms with van der Waals surface area (Å²) in [7, 11) is 0. The zero-order chi connectivity index (χ0) is 8.70. The third-order valence-corrected chi connectivity index (χ3v) is 3.17. The summed E-state index contributed by atoms with van der Waals surface area (Å²) in [5, 5.41) is 5.38. The predicted molar refractivity (Wildman–Crippen MR) is 47.1 cm³/mol. The van der Waals surface area contributed by atoms with Crippen LogP contribution < -0.4 is 11.2 Å². The van der Waals surface area contributed by atoms with Gasteiger partial charge in [0.2, 0.25) is 0 Å². The van der Waals surface area contributed by atoms with Gasteiger partial charge >= 0.3 is 0 Å². The van der Waals surface area contributed by atoms with E-state index in [1.807, 2.05) is 5.01 Å². The topological polar surface area (TPSA) is 41.3 Å². The van der Waals surface area contributed by atoms with Crippen LogP contribution in [0, 0.1) is 0 Å². The van der Waals surface area contributed by atoms with Crippen molar-refractivity contribution in [1.29, 1.82) is 0 Å². The number of piperazine rings is 1. The summed E-state index contributed by atoms with van der Waals surface area (Å²) in [5.41, 5.74) is 0.130. The number of nitrogens with one attached hydrogen (secondary N) is 1. The van der Waals surface area contributed by atoms with Gasteiger partial charge in [-0.25, -0.2) is 5.01 Å². The Bertz CT molecular complexity index is 151. The molecule has 3 nitrogen and oxygen atoms in total. The second-order valence-corrected chi connectivity index (χ2v) is 4.30. The van der Waals surface area contributed by atoms with Crippen LogP contribution in [0.1, 0.15) is 27.7 Å². The lowest BCUT2D eigenvalue weighted by Gasteiger charge is -2.51. The van der Waals surface area contributed by atoms with Gasteiger partial charge in [0, 0.05) is 24.2 Å². The molecule has 0 amide bonds. The molecule has 1 rings (SSSR count). The number of nitrogens with two attached hydrogens (primary N) is 1. The molecule has 3 N–H and O–H groups in total. The third-order valence-electron chi connectivity index (χ3n) is 3.17. The maximum Gasteiger partial charge on any atom is 0.0472 e. The predicted octanol–water partition coefficient (Wildman–Crippen LogP) is 0.323. The summed E-state index contributed by atoms with van der Waals surface area (Å²) in [6.07, 6.45) is 0.